The van der Waals surface area contributed by atoms with Crippen LogP contribution >= 0.6 is 15.6 Å². The van der Waals surface area contributed by atoms with Crippen LogP contribution in [-0.2, 0) is 18.0 Å². The van der Waals surface area contributed by atoms with Crippen molar-refractivity contribution in [3.05, 3.63) is 81.5 Å². The molecule has 0 spiro atoms. The molecule has 0 bridgehead atoms. The van der Waals surface area contributed by atoms with Gasteiger partial charge in [-0.05, 0) is 132 Å². The van der Waals surface area contributed by atoms with Crippen molar-refractivity contribution in [2.45, 2.75) is 132 Å². The fourth-order valence-corrected chi connectivity index (χ4v) is 5.77. The first-order chi connectivity index (χ1) is 20.5. The van der Waals surface area contributed by atoms with Gasteiger partial charge in [0.1, 0.15) is 0 Å². The molecule has 0 aromatic carbocycles. The SMILES string of the molecule is CC(C)=CCC/C(C)=C/CC/C(C)=C/CC/C(C)=C/CC/C(C)=C/CC/C(C)=C/CC/C(C)=C/COP(=O)([O-])OP(=O)([O-])[O-]. The summed E-state index contributed by atoms with van der Waals surface area (Å²) in [5.41, 5.74) is 9.41. The van der Waals surface area contributed by atoms with Crippen molar-refractivity contribution >= 4 is 15.6 Å². The molecule has 0 aliphatic heterocycles. The van der Waals surface area contributed by atoms with Crippen molar-refractivity contribution in [1.82, 2.24) is 0 Å². The van der Waals surface area contributed by atoms with E-state index >= 15 is 0 Å². The highest BCUT2D eigenvalue weighted by molar-refractivity contribution is 7.58. The maximum Gasteiger partial charge on any atom is 0.272 e. The molecule has 252 valence electrons. The second-order valence-corrected chi connectivity index (χ2v) is 14.8. The molecule has 1 unspecified atom stereocenters. The molecule has 0 rings (SSSR count). The first-order valence-electron chi connectivity index (χ1n) is 15.7. The van der Waals surface area contributed by atoms with Crippen LogP contribution in [0.2, 0.25) is 0 Å². The number of allylic oxidation sites excluding steroid dienone is 13. The summed E-state index contributed by atoms with van der Waals surface area (Å²) in [5, 5.41) is 0. The minimum atomic E-state index is -5.66. The number of hydrogen-bond donors (Lipinski definition) is 0. The van der Waals surface area contributed by atoms with Gasteiger partial charge in [0.15, 0.2) is 0 Å². The van der Waals surface area contributed by atoms with Crippen LogP contribution in [0.1, 0.15) is 132 Å². The highest BCUT2D eigenvalue weighted by atomic mass is 31.3. The molecule has 0 N–H and O–H groups in total. The molecule has 0 amide bonds. The molecule has 0 aliphatic rings. The maximum absolute atomic E-state index is 11.3. The zero-order valence-corrected chi connectivity index (χ0v) is 30.3. The Morgan fingerprint density at radius 3 is 1.02 bits per heavy atom. The Hall–Kier alpha value is -1.56. The lowest BCUT2D eigenvalue weighted by Crippen LogP contribution is -2.19. The smallest absolute Gasteiger partial charge is 0.272 e. The van der Waals surface area contributed by atoms with E-state index in [1.165, 1.54) is 39.5 Å². The van der Waals surface area contributed by atoms with Crippen molar-refractivity contribution in [3.8, 4) is 0 Å². The Morgan fingerprint density at radius 1 is 0.477 bits per heavy atom. The topological polar surface area (TPSA) is 122 Å². The number of rotatable bonds is 23. The Labute approximate surface area is 268 Å². The Morgan fingerprint density at radius 2 is 0.750 bits per heavy atom. The Balaban J connectivity index is 4.26. The van der Waals surface area contributed by atoms with Crippen molar-refractivity contribution in [1.29, 1.82) is 0 Å². The van der Waals surface area contributed by atoms with Gasteiger partial charge in [-0.25, -0.2) is 0 Å². The third-order valence-electron chi connectivity index (χ3n) is 7.11. The average Bonchev–Trinajstić information content (AvgIpc) is 2.87. The minimum absolute atomic E-state index is 0.389. The fourth-order valence-electron chi connectivity index (χ4n) is 4.35. The Kier molecular flexibility index (Phi) is 22.9. The van der Waals surface area contributed by atoms with Gasteiger partial charge >= 0.3 is 0 Å². The molecule has 1 atom stereocenters. The molecular formula is C35H57O7P2-3. The second kappa shape index (κ2) is 23.7. The molecule has 0 aromatic rings. The largest absolute Gasteiger partial charge is 0.790 e. The van der Waals surface area contributed by atoms with Crippen LogP contribution in [0.3, 0.4) is 0 Å². The molecule has 0 aromatic heterocycles. The molecule has 7 nitrogen and oxygen atoms in total. The molecule has 0 aliphatic carbocycles. The van der Waals surface area contributed by atoms with Crippen molar-refractivity contribution in [2.75, 3.05) is 6.61 Å². The fraction of sp³-hybridized carbons (Fsp3) is 0.600. The highest BCUT2D eigenvalue weighted by Crippen LogP contribution is 2.50. The summed E-state index contributed by atoms with van der Waals surface area (Å²) in [4.78, 5) is 32.1. The van der Waals surface area contributed by atoms with E-state index < -0.39 is 15.6 Å². The van der Waals surface area contributed by atoms with E-state index in [1.54, 1.807) is 0 Å². The molecular weight excluding hydrogens is 594 g/mol. The van der Waals surface area contributed by atoms with Crippen molar-refractivity contribution in [3.63, 3.8) is 0 Å². The zero-order chi connectivity index (χ0) is 33.6. The van der Waals surface area contributed by atoms with Crippen LogP contribution in [0.4, 0.5) is 0 Å². The first-order valence-corrected chi connectivity index (χ1v) is 18.7. The van der Waals surface area contributed by atoms with Crippen molar-refractivity contribution < 1.29 is 32.6 Å². The quantitative estimate of drug-likeness (QED) is 0.0796. The minimum Gasteiger partial charge on any atom is -0.790 e. The van der Waals surface area contributed by atoms with E-state index in [0.29, 0.717) is 6.42 Å². The van der Waals surface area contributed by atoms with Gasteiger partial charge in [-0.1, -0.05) is 81.5 Å². The standard InChI is InChI=1S/C35H60O7P2/c1-29(2)15-9-16-30(3)17-10-18-31(4)19-11-20-32(5)21-12-22-33(6)23-13-24-34(7)25-14-26-35(8)27-28-41-44(39,40)42-43(36,37)38/h15,17,19,21,23,25,27H,9-14,16,18,20,22,24,26,28H2,1-8H3,(H,39,40)(H2,36,37,38)/p-3/b30-17+,31-19+,32-21+,33-23+,34-25+,35-27+. The molecule has 44 heavy (non-hydrogen) atoms. The van der Waals surface area contributed by atoms with Crippen LogP contribution < -0.4 is 14.7 Å². The van der Waals surface area contributed by atoms with Gasteiger partial charge in [-0.15, -0.1) is 0 Å². The monoisotopic (exact) mass is 651 g/mol. The van der Waals surface area contributed by atoms with E-state index in [2.05, 4.69) is 93.8 Å². The van der Waals surface area contributed by atoms with Crippen LogP contribution in [0.5, 0.6) is 0 Å². The molecule has 0 radical (unpaired) electrons. The predicted octanol–water partition coefficient (Wildman–Crippen LogP) is 9.64. The van der Waals surface area contributed by atoms with E-state index in [9.17, 15) is 23.8 Å². The third-order valence-corrected chi connectivity index (χ3v) is 9.18. The average molecular weight is 652 g/mol. The summed E-state index contributed by atoms with van der Waals surface area (Å²) in [6.45, 7) is 16.8. The van der Waals surface area contributed by atoms with Crippen LogP contribution in [-0.4, -0.2) is 6.61 Å². The molecule has 0 saturated carbocycles. The summed E-state index contributed by atoms with van der Waals surface area (Å²) < 4.78 is 29.5. The molecule has 0 saturated heterocycles. The van der Waals surface area contributed by atoms with Crippen LogP contribution in [0.15, 0.2) is 81.5 Å². The van der Waals surface area contributed by atoms with Gasteiger partial charge in [-0.2, -0.15) is 0 Å². The number of hydrogen-bond acceptors (Lipinski definition) is 7. The van der Waals surface area contributed by atoms with Crippen LogP contribution in [0.25, 0.3) is 0 Å². The van der Waals surface area contributed by atoms with Gasteiger partial charge in [0.25, 0.3) is 7.82 Å². The molecule has 9 heteroatoms. The number of phosphoric ester groups is 1. The summed E-state index contributed by atoms with van der Waals surface area (Å²) >= 11 is 0. The van der Waals surface area contributed by atoms with Gasteiger partial charge in [0.2, 0.25) is 0 Å². The van der Waals surface area contributed by atoms with Gasteiger partial charge in [0.05, 0.1) is 14.4 Å². The zero-order valence-electron chi connectivity index (χ0n) is 28.5. The van der Waals surface area contributed by atoms with Gasteiger partial charge in [-0.3, -0.25) is 8.88 Å². The molecule has 0 heterocycles. The summed E-state index contributed by atoms with van der Waals surface area (Å²) in [5.74, 6) is 0. The Bertz CT molecular complexity index is 1160. The van der Waals surface area contributed by atoms with E-state index in [4.69, 9.17) is 0 Å². The lowest BCUT2D eigenvalue weighted by Gasteiger charge is -2.34. The number of phosphoric acid groups is 2. The van der Waals surface area contributed by atoms with Gasteiger partial charge < -0.3 is 23.8 Å². The van der Waals surface area contributed by atoms with Crippen molar-refractivity contribution in [2.24, 2.45) is 0 Å². The van der Waals surface area contributed by atoms with E-state index in [1.807, 2.05) is 6.92 Å². The summed E-state index contributed by atoms with van der Waals surface area (Å²) in [7, 11) is -10.8. The molecule has 0 fully saturated rings. The maximum atomic E-state index is 11.3. The summed E-state index contributed by atoms with van der Waals surface area (Å²) in [6, 6.07) is 0. The highest BCUT2D eigenvalue weighted by Gasteiger charge is 2.10. The predicted molar refractivity (Wildman–Crippen MR) is 180 cm³/mol. The van der Waals surface area contributed by atoms with Gasteiger partial charge in [0, 0.05) is 0 Å². The second-order valence-electron chi connectivity index (χ2n) is 12.1. The van der Waals surface area contributed by atoms with Crippen LogP contribution in [0, 0.1) is 0 Å². The lowest BCUT2D eigenvalue weighted by atomic mass is 10.0. The lowest BCUT2D eigenvalue weighted by molar-refractivity contribution is -0.339. The first kappa shape index (κ1) is 42.4. The summed E-state index contributed by atoms with van der Waals surface area (Å²) in [6.07, 6.45) is 27.9. The normalized spacial score (nSPS) is 15.9. The third kappa shape index (κ3) is 28.0. The van der Waals surface area contributed by atoms with E-state index in [-0.39, 0.29) is 6.61 Å². The van der Waals surface area contributed by atoms with E-state index in [0.717, 1.165) is 76.2 Å².